The van der Waals surface area contributed by atoms with E-state index in [1.54, 1.807) is 18.2 Å². The molecule has 0 spiro atoms. The minimum Gasteiger partial charge on any atom is -0.349 e. The van der Waals surface area contributed by atoms with E-state index in [1.165, 1.54) is 0 Å². The van der Waals surface area contributed by atoms with Crippen LogP contribution in [-0.2, 0) is 11.3 Å². The van der Waals surface area contributed by atoms with Crippen molar-refractivity contribution in [3.63, 3.8) is 0 Å². The van der Waals surface area contributed by atoms with Crippen LogP contribution in [0.4, 0.5) is 4.39 Å². The lowest BCUT2D eigenvalue weighted by Gasteiger charge is -2.28. The summed E-state index contributed by atoms with van der Waals surface area (Å²) in [5.41, 5.74) is -0.863. The quantitative estimate of drug-likeness (QED) is 0.883. The normalized spacial score (nSPS) is 18.3. The average Bonchev–Trinajstić information content (AvgIpc) is 2.37. The van der Waals surface area contributed by atoms with Gasteiger partial charge in [-0.05, 0) is 30.8 Å². The molecule has 0 atom stereocenters. The second kappa shape index (κ2) is 5.67. The van der Waals surface area contributed by atoms with Crippen LogP contribution in [0, 0.1) is 0 Å². The van der Waals surface area contributed by atoms with Gasteiger partial charge in [-0.1, -0.05) is 23.7 Å². The smallest absolute Gasteiger partial charge is 0.258 e. The maximum absolute atomic E-state index is 14.3. The Hall–Kier alpha value is -1.13. The third-order valence-corrected chi connectivity index (χ3v) is 3.38. The van der Waals surface area contributed by atoms with Crippen molar-refractivity contribution in [1.82, 2.24) is 10.6 Å². The highest BCUT2D eigenvalue weighted by Gasteiger charge is 2.39. The first-order valence-corrected chi connectivity index (χ1v) is 6.40. The summed E-state index contributed by atoms with van der Waals surface area (Å²) in [5.74, 6) is -0.524. The first-order chi connectivity index (χ1) is 8.60. The summed E-state index contributed by atoms with van der Waals surface area (Å²) < 4.78 is 14.3. The fraction of sp³-hybridized carbons (Fsp3) is 0.462. The van der Waals surface area contributed by atoms with Crippen molar-refractivity contribution in [3.05, 3.63) is 34.9 Å². The summed E-state index contributed by atoms with van der Waals surface area (Å²) in [6, 6.07) is 7.17. The van der Waals surface area contributed by atoms with Gasteiger partial charge in [-0.3, -0.25) is 4.79 Å². The zero-order chi connectivity index (χ0) is 13.0. The van der Waals surface area contributed by atoms with E-state index in [4.69, 9.17) is 11.6 Å². The molecule has 0 saturated carbocycles. The molecule has 98 valence electrons. The largest absolute Gasteiger partial charge is 0.349 e. The van der Waals surface area contributed by atoms with E-state index in [2.05, 4.69) is 10.6 Å². The van der Waals surface area contributed by atoms with Crippen molar-refractivity contribution < 1.29 is 9.18 Å². The van der Waals surface area contributed by atoms with Gasteiger partial charge in [-0.25, -0.2) is 4.39 Å². The molecule has 1 aliphatic rings. The van der Waals surface area contributed by atoms with Crippen molar-refractivity contribution in [2.24, 2.45) is 0 Å². The molecule has 3 nitrogen and oxygen atoms in total. The van der Waals surface area contributed by atoms with Gasteiger partial charge in [0, 0.05) is 24.4 Å². The van der Waals surface area contributed by atoms with Crippen LogP contribution in [-0.4, -0.2) is 24.7 Å². The molecule has 0 aromatic heterocycles. The SMILES string of the molecule is O=C(NCc1cccc(Cl)c1)C1(F)CCNCC1. The van der Waals surface area contributed by atoms with Crippen LogP contribution < -0.4 is 10.6 Å². The van der Waals surface area contributed by atoms with Crippen molar-refractivity contribution >= 4 is 17.5 Å². The van der Waals surface area contributed by atoms with Gasteiger partial charge in [0.2, 0.25) is 0 Å². The molecule has 1 saturated heterocycles. The van der Waals surface area contributed by atoms with Crippen LogP contribution in [0.5, 0.6) is 0 Å². The molecule has 18 heavy (non-hydrogen) atoms. The molecule has 1 aliphatic heterocycles. The maximum Gasteiger partial charge on any atom is 0.258 e. The van der Waals surface area contributed by atoms with E-state index in [0.29, 0.717) is 24.7 Å². The summed E-state index contributed by atoms with van der Waals surface area (Å²) in [7, 11) is 0. The molecule has 1 fully saturated rings. The standard InChI is InChI=1S/C13H16ClFN2O/c14-11-3-1-2-10(8-11)9-17-12(18)13(15)4-6-16-7-5-13/h1-3,8,16H,4-7,9H2,(H,17,18). The van der Waals surface area contributed by atoms with Gasteiger partial charge >= 0.3 is 0 Å². The van der Waals surface area contributed by atoms with Crippen LogP contribution >= 0.6 is 11.6 Å². The van der Waals surface area contributed by atoms with E-state index in [9.17, 15) is 9.18 Å². The van der Waals surface area contributed by atoms with Gasteiger partial charge in [-0.2, -0.15) is 0 Å². The molecule has 0 unspecified atom stereocenters. The van der Waals surface area contributed by atoms with Crippen LogP contribution in [0.15, 0.2) is 24.3 Å². The van der Waals surface area contributed by atoms with Crippen molar-refractivity contribution in [2.75, 3.05) is 13.1 Å². The van der Waals surface area contributed by atoms with Gasteiger partial charge in [0.05, 0.1) is 0 Å². The minimum absolute atomic E-state index is 0.231. The maximum atomic E-state index is 14.3. The van der Waals surface area contributed by atoms with Crippen LogP contribution in [0.1, 0.15) is 18.4 Å². The number of alkyl halides is 1. The highest BCUT2D eigenvalue weighted by Crippen LogP contribution is 2.23. The van der Waals surface area contributed by atoms with E-state index in [-0.39, 0.29) is 12.8 Å². The number of halogens is 2. The molecule has 1 amide bonds. The third-order valence-electron chi connectivity index (χ3n) is 3.15. The Morgan fingerprint density at radius 2 is 2.17 bits per heavy atom. The zero-order valence-corrected chi connectivity index (χ0v) is 10.8. The molecule has 5 heteroatoms. The van der Waals surface area contributed by atoms with Gasteiger partial charge in [-0.15, -0.1) is 0 Å². The predicted molar refractivity (Wildman–Crippen MR) is 69.2 cm³/mol. The Balaban J connectivity index is 1.91. The highest BCUT2D eigenvalue weighted by atomic mass is 35.5. The number of carbonyl (C=O) groups is 1. The lowest BCUT2D eigenvalue weighted by Crippen LogP contribution is -2.49. The molecule has 0 aliphatic carbocycles. The Labute approximate surface area is 111 Å². The Morgan fingerprint density at radius 1 is 1.44 bits per heavy atom. The third kappa shape index (κ3) is 3.21. The van der Waals surface area contributed by atoms with Crippen molar-refractivity contribution in [3.8, 4) is 0 Å². The molecule has 0 radical (unpaired) electrons. The molecule has 1 heterocycles. The van der Waals surface area contributed by atoms with Crippen molar-refractivity contribution in [2.45, 2.75) is 25.1 Å². The Bertz CT molecular complexity index is 433. The number of piperidine rings is 1. The molecule has 1 aromatic carbocycles. The van der Waals surface area contributed by atoms with E-state index >= 15 is 0 Å². The number of hydrogen-bond acceptors (Lipinski definition) is 2. The summed E-state index contributed by atoms with van der Waals surface area (Å²) in [6.45, 7) is 1.39. The Kier molecular flexibility index (Phi) is 4.19. The second-order valence-corrected chi connectivity index (χ2v) is 4.96. The van der Waals surface area contributed by atoms with Crippen LogP contribution in [0.25, 0.3) is 0 Å². The van der Waals surface area contributed by atoms with Crippen molar-refractivity contribution in [1.29, 1.82) is 0 Å². The van der Waals surface area contributed by atoms with Gasteiger partial charge in [0.15, 0.2) is 5.67 Å². The molecule has 2 N–H and O–H groups in total. The monoisotopic (exact) mass is 270 g/mol. The first kappa shape index (κ1) is 13.3. The van der Waals surface area contributed by atoms with Crippen LogP contribution in [0.2, 0.25) is 5.02 Å². The topological polar surface area (TPSA) is 41.1 Å². The molecule has 0 bridgehead atoms. The zero-order valence-electron chi connectivity index (χ0n) is 10.0. The number of rotatable bonds is 3. The summed E-state index contributed by atoms with van der Waals surface area (Å²) >= 11 is 5.84. The molecular formula is C13H16ClFN2O. The average molecular weight is 271 g/mol. The summed E-state index contributed by atoms with van der Waals surface area (Å²) in [5, 5.41) is 6.28. The van der Waals surface area contributed by atoms with Crippen LogP contribution in [0.3, 0.4) is 0 Å². The molecule has 2 rings (SSSR count). The lowest BCUT2D eigenvalue weighted by molar-refractivity contribution is -0.134. The second-order valence-electron chi connectivity index (χ2n) is 4.53. The number of benzene rings is 1. The van der Waals surface area contributed by atoms with Gasteiger partial charge in [0.25, 0.3) is 5.91 Å². The minimum atomic E-state index is -1.73. The number of carbonyl (C=O) groups excluding carboxylic acids is 1. The molecule has 1 aromatic rings. The summed E-state index contributed by atoms with van der Waals surface area (Å²) in [4.78, 5) is 11.8. The number of hydrogen-bond donors (Lipinski definition) is 2. The van der Waals surface area contributed by atoms with E-state index in [1.807, 2.05) is 6.07 Å². The highest BCUT2D eigenvalue weighted by molar-refractivity contribution is 6.30. The van der Waals surface area contributed by atoms with Gasteiger partial charge in [0.1, 0.15) is 0 Å². The molecular weight excluding hydrogens is 255 g/mol. The predicted octanol–water partition coefficient (Wildman–Crippen LogP) is 2.05. The fourth-order valence-corrected chi connectivity index (χ4v) is 2.25. The summed E-state index contributed by atoms with van der Waals surface area (Å²) in [6.07, 6.45) is 0.461. The lowest BCUT2D eigenvalue weighted by atomic mass is 9.93. The fourth-order valence-electron chi connectivity index (χ4n) is 2.04. The first-order valence-electron chi connectivity index (χ1n) is 6.02. The van der Waals surface area contributed by atoms with Gasteiger partial charge < -0.3 is 10.6 Å². The number of amides is 1. The Morgan fingerprint density at radius 3 is 2.83 bits per heavy atom. The van der Waals surface area contributed by atoms with E-state index in [0.717, 1.165) is 5.56 Å². The van der Waals surface area contributed by atoms with E-state index < -0.39 is 11.6 Å². The number of nitrogens with one attached hydrogen (secondary N) is 2.